The second kappa shape index (κ2) is 7.74. The summed E-state index contributed by atoms with van der Waals surface area (Å²) in [6, 6.07) is 7.42. The molecule has 2 aliphatic rings. The van der Waals surface area contributed by atoms with Gasteiger partial charge in [0.15, 0.2) is 11.0 Å². The summed E-state index contributed by atoms with van der Waals surface area (Å²) in [5.74, 6) is 1.53. The maximum Gasteiger partial charge on any atom is 0.316 e. The summed E-state index contributed by atoms with van der Waals surface area (Å²) in [5, 5.41) is 5.91. The van der Waals surface area contributed by atoms with E-state index < -0.39 is 0 Å². The van der Waals surface area contributed by atoms with Gasteiger partial charge in [-0.2, -0.15) is 5.10 Å². The molecule has 0 fully saturated rings. The molecule has 3 heterocycles. The zero-order valence-corrected chi connectivity index (χ0v) is 16.3. The Balaban J connectivity index is 1.71. The van der Waals surface area contributed by atoms with E-state index in [2.05, 4.69) is 15.0 Å². The lowest BCUT2D eigenvalue weighted by Crippen LogP contribution is -2.42. The zero-order chi connectivity index (χ0) is 18.8. The van der Waals surface area contributed by atoms with Crippen molar-refractivity contribution in [1.29, 1.82) is 0 Å². The van der Waals surface area contributed by atoms with E-state index in [0.29, 0.717) is 17.4 Å². The van der Waals surface area contributed by atoms with Crippen LogP contribution in [0.3, 0.4) is 0 Å². The Morgan fingerprint density at radius 2 is 2.15 bits per heavy atom. The van der Waals surface area contributed by atoms with Gasteiger partial charge in [-0.15, -0.1) is 0 Å². The van der Waals surface area contributed by atoms with Gasteiger partial charge in [-0.05, 0) is 37.6 Å². The average Bonchev–Trinajstić information content (AvgIpc) is 3.11. The molecule has 0 unspecified atom stereocenters. The second-order valence-corrected chi connectivity index (χ2v) is 7.35. The highest BCUT2D eigenvalue weighted by Gasteiger charge is 2.31. The van der Waals surface area contributed by atoms with Crippen LogP contribution in [0.5, 0.6) is 0 Å². The van der Waals surface area contributed by atoms with Gasteiger partial charge in [0.1, 0.15) is 5.84 Å². The number of benzene rings is 1. The molecule has 0 spiro atoms. The number of hydrogen-bond acceptors (Lipinski definition) is 7. The molecular weight excluding hydrogens is 386 g/mol. The number of rotatable bonds is 4. The fraction of sp³-hybridized carbons (Fsp3) is 0.333. The van der Waals surface area contributed by atoms with Crippen LogP contribution >= 0.6 is 23.4 Å². The molecule has 2 aliphatic heterocycles. The molecule has 0 saturated heterocycles. The second-order valence-electron chi connectivity index (χ2n) is 5.97. The number of hydrogen-bond donors (Lipinski definition) is 0. The predicted octanol–water partition coefficient (Wildman–Crippen LogP) is 3.28. The van der Waals surface area contributed by atoms with E-state index in [0.717, 1.165) is 41.8 Å². The molecule has 0 saturated carbocycles. The summed E-state index contributed by atoms with van der Waals surface area (Å²) in [5.41, 5.74) is 1.76. The smallest absolute Gasteiger partial charge is 0.316 e. The van der Waals surface area contributed by atoms with Gasteiger partial charge in [0.2, 0.25) is 0 Å². The highest BCUT2D eigenvalue weighted by molar-refractivity contribution is 8.14. The van der Waals surface area contributed by atoms with E-state index >= 15 is 0 Å². The van der Waals surface area contributed by atoms with Crippen molar-refractivity contribution in [2.24, 2.45) is 9.98 Å². The standard InChI is InChI=1S/C18H18ClN5O2S/c1-2-26-15(25)11-27-18-22-17-14(16-20-8-3-9-23(16)18)10-21-24(17)13-6-4-12(19)5-7-13/h4-7,10H,2-3,8-9,11H2,1H3. The van der Waals surface area contributed by atoms with E-state index in [9.17, 15) is 4.79 Å². The first kappa shape index (κ1) is 18.1. The van der Waals surface area contributed by atoms with Crippen LogP contribution in [0.2, 0.25) is 5.02 Å². The predicted molar refractivity (Wildman–Crippen MR) is 107 cm³/mol. The van der Waals surface area contributed by atoms with Crippen molar-refractivity contribution in [2.45, 2.75) is 13.3 Å². The molecule has 1 aromatic carbocycles. The fourth-order valence-corrected chi connectivity index (χ4v) is 3.93. The molecule has 0 radical (unpaired) electrons. The largest absolute Gasteiger partial charge is 0.465 e. The monoisotopic (exact) mass is 403 g/mol. The van der Waals surface area contributed by atoms with Crippen molar-refractivity contribution < 1.29 is 9.53 Å². The fourth-order valence-electron chi connectivity index (χ4n) is 2.99. The first-order chi connectivity index (χ1) is 13.2. The first-order valence-electron chi connectivity index (χ1n) is 8.71. The van der Waals surface area contributed by atoms with E-state index in [-0.39, 0.29) is 11.7 Å². The summed E-state index contributed by atoms with van der Waals surface area (Å²) >= 11 is 7.36. The minimum Gasteiger partial charge on any atom is -0.465 e. The Morgan fingerprint density at radius 3 is 2.93 bits per heavy atom. The molecule has 4 rings (SSSR count). The van der Waals surface area contributed by atoms with E-state index in [1.54, 1.807) is 17.8 Å². The van der Waals surface area contributed by atoms with Crippen LogP contribution < -0.4 is 0 Å². The number of ether oxygens (including phenoxy) is 1. The average molecular weight is 404 g/mol. The Labute approximate surface area is 166 Å². The van der Waals surface area contributed by atoms with Gasteiger partial charge in [0, 0.05) is 18.1 Å². The molecule has 7 nitrogen and oxygen atoms in total. The molecular formula is C18H18ClN5O2S. The van der Waals surface area contributed by atoms with Crippen molar-refractivity contribution in [3.63, 3.8) is 0 Å². The Hall–Kier alpha value is -2.32. The van der Waals surface area contributed by atoms with Crippen LogP contribution in [0.25, 0.3) is 5.69 Å². The lowest BCUT2D eigenvalue weighted by molar-refractivity contribution is -0.139. The minimum absolute atomic E-state index is 0.209. The third kappa shape index (κ3) is 3.59. The van der Waals surface area contributed by atoms with E-state index in [1.165, 1.54) is 11.8 Å². The maximum atomic E-state index is 11.8. The van der Waals surface area contributed by atoms with Gasteiger partial charge in [0.25, 0.3) is 0 Å². The van der Waals surface area contributed by atoms with E-state index in [1.807, 2.05) is 24.3 Å². The topological polar surface area (TPSA) is 72.1 Å². The quantitative estimate of drug-likeness (QED) is 0.732. The Kier molecular flexibility index (Phi) is 5.18. The van der Waals surface area contributed by atoms with Crippen molar-refractivity contribution in [1.82, 2.24) is 14.7 Å². The van der Waals surface area contributed by atoms with Crippen molar-refractivity contribution >= 4 is 46.2 Å². The number of esters is 1. The number of fused-ring (bicyclic) bond motifs is 3. The van der Waals surface area contributed by atoms with Gasteiger partial charge >= 0.3 is 5.97 Å². The highest BCUT2D eigenvalue weighted by atomic mass is 35.5. The number of amidine groups is 2. The van der Waals surface area contributed by atoms with Crippen molar-refractivity contribution in [3.8, 4) is 5.69 Å². The first-order valence-corrected chi connectivity index (χ1v) is 10.1. The van der Waals surface area contributed by atoms with Crippen LogP contribution in [-0.4, -0.2) is 57.1 Å². The number of carbonyl (C=O) groups is 1. The van der Waals surface area contributed by atoms with E-state index in [4.69, 9.17) is 21.3 Å². The number of aliphatic imine (C=N–C) groups is 2. The number of carbonyl (C=O) groups excluding carboxylic acids is 1. The molecule has 2 aromatic rings. The molecule has 0 atom stereocenters. The van der Waals surface area contributed by atoms with Gasteiger partial charge in [-0.25, -0.2) is 9.67 Å². The molecule has 1 aromatic heterocycles. The van der Waals surface area contributed by atoms with Gasteiger partial charge < -0.3 is 9.64 Å². The number of nitrogens with zero attached hydrogens (tertiary/aromatic N) is 5. The summed E-state index contributed by atoms with van der Waals surface area (Å²) in [6.45, 7) is 3.76. The third-order valence-corrected chi connectivity index (χ3v) is 5.37. The lowest BCUT2D eigenvalue weighted by atomic mass is 10.2. The van der Waals surface area contributed by atoms with Crippen LogP contribution in [0, 0.1) is 0 Å². The van der Waals surface area contributed by atoms with Crippen LogP contribution in [0.15, 0.2) is 40.4 Å². The number of aromatic nitrogens is 2. The SMILES string of the molecule is CCOC(=O)CSC1=Nc2c(cnn2-c2ccc(Cl)cc2)C2=NCCCN12. The van der Waals surface area contributed by atoms with Crippen LogP contribution in [0.1, 0.15) is 18.9 Å². The van der Waals surface area contributed by atoms with Gasteiger partial charge in [-0.3, -0.25) is 9.79 Å². The zero-order valence-electron chi connectivity index (χ0n) is 14.8. The third-order valence-electron chi connectivity index (χ3n) is 4.17. The number of thioether (sulfide) groups is 1. The molecule has 0 amide bonds. The molecule has 9 heteroatoms. The summed E-state index contributed by atoms with van der Waals surface area (Å²) in [4.78, 5) is 23.3. The molecule has 140 valence electrons. The van der Waals surface area contributed by atoms with Gasteiger partial charge in [-0.1, -0.05) is 23.4 Å². The molecule has 0 aliphatic carbocycles. The summed E-state index contributed by atoms with van der Waals surface area (Å²) in [7, 11) is 0. The summed E-state index contributed by atoms with van der Waals surface area (Å²) < 4.78 is 6.80. The molecule has 0 N–H and O–H groups in total. The highest BCUT2D eigenvalue weighted by Crippen LogP contribution is 2.33. The Bertz CT molecular complexity index is 922. The maximum absolute atomic E-state index is 11.8. The van der Waals surface area contributed by atoms with Crippen LogP contribution in [0.4, 0.5) is 5.82 Å². The van der Waals surface area contributed by atoms with Crippen molar-refractivity contribution in [2.75, 3.05) is 25.4 Å². The van der Waals surface area contributed by atoms with Crippen molar-refractivity contribution in [3.05, 3.63) is 41.0 Å². The molecule has 0 bridgehead atoms. The lowest BCUT2D eigenvalue weighted by Gasteiger charge is -2.32. The number of halogens is 1. The minimum atomic E-state index is -0.252. The summed E-state index contributed by atoms with van der Waals surface area (Å²) in [6.07, 6.45) is 2.74. The molecule has 27 heavy (non-hydrogen) atoms. The van der Waals surface area contributed by atoms with Crippen LogP contribution in [-0.2, 0) is 9.53 Å². The van der Waals surface area contributed by atoms with Gasteiger partial charge in [0.05, 0.1) is 29.8 Å². The Morgan fingerprint density at radius 1 is 1.33 bits per heavy atom. The normalized spacial score (nSPS) is 15.6.